The fraction of sp³-hybridized carbons (Fsp3) is 0.421. The van der Waals surface area contributed by atoms with Gasteiger partial charge in [-0.05, 0) is 38.1 Å². The summed E-state index contributed by atoms with van der Waals surface area (Å²) in [6, 6.07) is 7.06. The van der Waals surface area contributed by atoms with Gasteiger partial charge in [-0.15, -0.1) is 11.3 Å². The SMILES string of the molecule is CCN(CC(C)C(=O)OC)C(=O)c1sc(COc2ccc(Cl)cc2)nc1C. The van der Waals surface area contributed by atoms with Gasteiger partial charge in [-0.25, -0.2) is 4.98 Å². The summed E-state index contributed by atoms with van der Waals surface area (Å²) in [5.74, 6) is -0.178. The molecule has 2 aromatic rings. The van der Waals surface area contributed by atoms with E-state index in [-0.39, 0.29) is 24.4 Å². The highest BCUT2D eigenvalue weighted by atomic mass is 35.5. The Hall–Kier alpha value is -2.12. The number of aromatic nitrogens is 1. The Bertz CT molecular complexity index is 792. The van der Waals surface area contributed by atoms with Crippen molar-refractivity contribution in [3.05, 3.63) is 44.9 Å². The molecule has 2 rings (SSSR count). The van der Waals surface area contributed by atoms with Crippen LogP contribution in [0.1, 0.15) is 34.2 Å². The summed E-state index contributed by atoms with van der Waals surface area (Å²) in [7, 11) is 1.34. The molecule has 0 N–H and O–H groups in total. The normalized spacial score (nSPS) is 11.7. The predicted molar refractivity (Wildman–Crippen MR) is 105 cm³/mol. The molecule has 0 saturated heterocycles. The highest BCUT2D eigenvalue weighted by Gasteiger charge is 2.24. The topological polar surface area (TPSA) is 68.7 Å². The third-order valence-electron chi connectivity index (χ3n) is 3.98. The lowest BCUT2D eigenvalue weighted by molar-refractivity contribution is -0.145. The standard InChI is InChI=1S/C19H23ClN2O4S/c1-5-22(10-12(2)19(24)25-4)18(23)17-13(3)21-16(27-17)11-26-15-8-6-14(20)7-9-15/h6-9,12H,5,10-11H2,1-4H3. The van der Waals surface area contributed by atoms with E-state index in [1.807, 2.05) is 6.92 Å². The molecule has 0 fully saturated rings. The van der Waals surface area contributed by atoms with Crippen molar-refractivity contribution in [2.45, 2.75) is 27.4 Å². The summed E-state index contributed by atoms with van der Waals surface area (Å²) < 4.78 is 10.4. The maximum Gasteiger partial charge on any atom is 0.310 e. The molecule has 0 spiro atoms. The fourth-order valence-electron chi connectivity index (χ4n) is 2.49. The average Bonchev–Trinajstić information content (AvgIpc) is 3.04. The van der Waals surface area contributed by atoms with E-state index in [0.717, 1.165) is 0 Å². The summed E-state index contributed by atoms with van der Waals surface area (Å²) in [5.41, 5.74) is 0.656. The fourth-order valence-corrected chi connectivity index (χ4v) is 3.57. The van der Waals surface area contributed by atoms with Crippen molar-refractivity contribution in [1.82, 2.24) is 9.88 Å². The lowest BCUT2D eigenvalue weighted by atomic mass is 10.1. The molecule has 1 unspecified atom stereocenters. The molecule has 1 amide bonds. The zero-order valence-electron chi connectivity index (χ0n) is 15.8. The third-order valence-corrected chi connectivity index (χ3v) is 5.35. The minimum atomic E-state index is -0.389. The first-order chi connectivity index (χ1) is 12.8. The molecule has 1 heterocycles. The van der Waals surface area contributed by atoms with Gasteiger partial charge in [0.1, 0.15) is 22.2 Å². The van der Waals surface area contributed by atoms with Crippen LogP contribution in [0.5, 0.6) is 5.75 Å². The van der Waals surface area contributed by atoms with Crippen LogP contribution < -0.4 is 4.74 Å². The summed E-state index contributed by atoms with van der Waals surface area (Å²) in [5, 5.41) is 1.35. The van der Waals surface area contributed by atoms with Crippen LogP contribution in [0.3, 0.4) is 0 Å². The number of methoxy groups -OCH3 is 1. The largest absolute Gasteiger partial charge is 0.486 e. The number of carbonyl (C=O) groups is 2. The second-order valence-corrected chi connectivity index (χ2v) is 7.55. The van der Waals surface area contributed by atoms with Gasteiger partial charge in [-0.2, -0.15) is 0 Å². The minimum Gasteiger partial charge on any atom is -0.486 e. The van der Waals surface area contributed by atoms with Crippen LogP contribution in [0.25, 0.3) is 0 Å². The summed E-state index contributed by atoms with van der Waals surface area (Å²) in [6.07, 6.45) is 0. The Kier molecular flexibility index (Phi) is 7.62. The van der Waals surface area contributed by atoms with Crippen LogP contribution in [0.2, 0.25) is 5.02 Å². The van der Waals surface area contributed by atoms with Gasteiger partial charge in [0.15, 0.2) is 0 Å². The van der Waals surface area contributed by atoms with Gasteiger partial charge < -0.3 is 14.4 Å². The number of nitrogens with zero attached hydrogens (tertiary/aromatic N) is 2. The van der Waals surface area contributed by atoms with Gasteiger partial charge in [0.2, 0.25) is 0 Å². The second-order valence-electron chi connectivity index (χ2n) is 6.03. The molecule has 6 nitrogen and oxygen atoms in total. The lowest BCUT2D eigenvalue weighted by Crippen LogP contribution is -2.37. The van der Waals surface area contributed by atoms with Crippen LogP contribution in [-0.4, -0.2) is 42.0 Å². The molecule has 0 bridgehead atoms. The maximum atomic E-state index is 12.9. The van der Waals surface area contributed by atoms with Gasteiger partial charge in [0, 0.05) is 18.1 Å². The number of amides is 1. The van der Waals surface area contributed by atoms with Gasteiger partial charge in [0.25, 0.3) is 5.91 Å². The first-order valence-corrected chi connectivity index (χ1v) is 9.76. The minimum absolute atomic E-state index is 0.138. The molecule has 0 aliphatic heterocycles. The van der Waals surface area contributed by atoms with Crippen molar-refractivity contribution in [2.24, 2.45) is 5.92 Å². The van der Waals surface area contributed by atoms with Crippen molar-refractivity contribution in [3.8, 4) is 5.75 Å². The summed E-state index contributed by atoms with van der Waals surface area (Å²) >= 11 is 7.16. The molecule has 1 aromatic heterocycles. The summed E-state index contributed by atoms with van der Waals surface area (Å²) in [6.45, 7) is 6.48. The molecular weight excluding hydrogens is 388 g/mol. The van der Waals surface area contributed by atoms with Crippen LogP contribution in [-0.2, 0) is 16.1 Å². The second kappa shape index (κ2) is 9.71. The Morgan fingerprint density at radius 3 is 2.56 bits per heavy atom. The smallest absolute Gasteiger partial charge is 0.310 e. The van der Waals surface area contributed by atoms with Crippen molar-refractivity contribution >= 4 is 34.8 Å². The molecule has 0 aliphatic rings. The maximum absolute atomic E-state index is 12.9. The van der Waals surface area contributed by atoms with Crippen molar-refractivity contribution in [3.63, 3.8) is 0 Å². The first-order valence-electron chi connectivity index (χ1n) is 8.57. The van der Waals surface area contributed by atoms with Crippen LogP contribution >= 0.6 is 22.9 Å². The van der Waals surface area contributed by atoms with Crippen molar-refractivity contribution in [1.29, 1.82) is 0 Å². The molecule has 1 aromatic carbocycles. The quantitative estimate of drug-likeness (QED) is 0.616. The number of aryl methyl sites for hydroxylation is 1. The Balaban J connectivity index is 2.05. The van der Waals surface area contributed by atoms with Crippen molar-refractivity contribution < 1.29 is 19.1 Å². The molecular formula is C19H23ClN2O4S. The zero-order chi connectivity index (χ0) is 20.0. The van der Waals surface area contributed by atoms with Gasteiger partial charge >= 0.3 is 5.97 Å². The summed E-state index contributed by atoms with van der Waals surface area (Å²) in [4.78, 5) is 31.1. The van der Waals surface area contributed by atoms with E-state index in [9.17, 15) is 9.59 Å². The van der Waals surface area contributed by atoms with Gasteiger partial charge in [0.05, 0.1) is 18.7 Å². The number of thiazole rings is 1. The molecule has 1 atom stereocenters. The molecule has 8 heteroatoms. The molecule has 0 saturated carbocycles. The van der Waals surface area contributed by atoms with E-state index in [1.54, 1.807) is 43.0 Å². The van der Waals surface area contributed by atoms with Gasteiger partial charge in [-0.1, -0.05) is 18.5 Å². The Labute approximate surface area is 168 Å². The molecule has 146 valence electrons. The van der Waals surface area contributed by atoms with Crippen LogP contribution in [0.4, 0.5) is 0 Å². The first kappa shape index (κ1) is 21.2. The monoisotopic (exact) mass is 410 g/mol. The number of ether oxygens (including phenoxy) is 2. The van der Waals surface area contributed by atoms with Crippen LogP contribution in [0, 0.1) is 12.8 Å². The van der Waals surface area contributed by atoms with Crippen LogP contribution in [0.15, 0.2) is 24.3 Å². The van der Waals surface area contributed by atoms with E-state index in [0.29, 0.717) is 39.4 Å². The zero-order valence-corrected chi connectivity index (χ0v) is 17.4. The number of benzene rings is 1. The predicted octanol–water partition coefficient (Wildman–Crippen LogP) is 3.96. The van der Waals surface area contributed by atoms with Gasteiger partial charge in [-0.3, -0.25) is 9.59 Å². The Morgan fingerprint density at radius 1 is 1.30 bits per heavy atom. The average molecular weight is 411 g/mol. The third kappa shape index (κ3) is 5.68. The van der Waals surface area contributed by atoms with E-state index in [1.165, 1.54) is 18.4 Å². The highest BCUT2D eigenvalue weighted by molar-refractivity contribution is 7.13. The Morgan fingerprint density at radius 2 is 1.96 bits per heavy atom. The number of halogens is 1. The van der Waals surface area contributed by atoms with E-state index in [4.69, 9.17) is 21.1 Å². The number of carbonyl (C=O) groups excluding carboxylic acids is 2. The highest BCUT2D eigenvalue weighted by Crippen LogP contribution is 2.23. The number of hydrogen-bond acceptors (Lipinski definition) is 6. The lowest BCUT2D eigenvalue weighted by Gasteiger charge is -2.23. The molecule has 27 heavy (non-hydrogen) atoms. The number of esters is 1. The number of rotatable bonds is 8. The number of hydrogen-bond donors (Lipinski definition) is 0. The molecule has 0 radical (unpaired) electrons. The molecule has 0 aliphatic carbocycles. The van der Waals surface area contributed by atoms with E-state index in [2.05, 4.69) is 4.98 Å². The van der Waals surface area contributed by atoms with Crippen molar-refractivity contribution in [2.75, 3.05) is 20.2 Å². The van der Waals surface area contributed by atoms with E-state index >= 15 is 0 Å². The van der Waals surface area contributed by atoms with E-state index < -0.39 is 0 Å².